The molecule has 0 spiro atoms. The molecule has 1 aromatic rings. The lowest BCUT2D eigenvalue weighted by Gasteiger charge is -2.05. The predicted octanol–water partition coefficient (Wildman–Crippen LogP) is 3.36. The second kappa shape index (κ2) is 3.49. The fraction of sp³-hybridized carbons (Fsp3) is 0.375. The van der Waals surface area contributed by atoms with Gasteiger partial charge in [-0.05, 0) is 11.4 Å². The molecular weight excluding hydrogens is 201 g/mol. The molecule has 13 heavy (non-hydrogen) atoms. The maximum atomic E-state index is 12.2. The third-order valence-corrected chi connectivity index (χ3v) is 2.50. The van der Waals surface area contributed by atoms with E-state index >= 15 is 0 Å². The van der Waals surface area contributed by atoms with Gasteiger partial charge in [-0.15, -0.1) is 11.3 Å². The normalized spacial score (nSPS) is 11.7. The minimum Gasteiger partial charge on any atom is -0.294 e. The van der Waals surface area contributed by atoms with Crippen LogP contribution in [0.2, 0.25) is 0 Å². The number of thiophene rings is 1. The standard InChI is InChI=1S/C8H7F3OS/c1-2-6(12)5-3-4-13-7(5)8(9,10)11/h3-4H,2H2,1H3. The summed E-state index contributed by atoms with van der Waals surface area (Å²) in [4.78, 5) is 10.3. The number of hydrogen-bond donors (Lipinski definition) is 0. The summed E-state index contributed by atoms with van der Waals surface area (Å²) in [5.41, 5.74) is -0.208. The van der Waals surface area contributed by atoms with Gasteiger partial charge in [0.15, 0.2) is 5.78 Å². The van der Waals surface area contributed by atoms with Crippen LogP contribution in [0.1, 0.15) is 28.6 Å². The van der Waals surface area contributed by atoms with Crippen molar-refractivity contribution in [1.29, 1.82) is 0 Å². The zero-order chi connectivity index (χ0) is 10.1. The maximum Gasteiger partial charge on any atom is 0.426 e. The van der Waals surface area contributed by atoms with E-state index in [1.807, 2.05) is 0 Å². The Balaban J connectivity index is 3.10. The largest absolute Gasteiger partial charge is 0.426 e. The highest BCUT2D eigenvalue weighted by Crippen LogP contribution is 2.36. The molecule has 1 heterocycles. The monoisotopic (exact) mass is 208 g/mol. The van der Waals surface area contributed by atoms with Crippen LogP contribution in [0.25, 0.3) is 0 Å². The fourth-order valence-corrected chi connectivity index (χ4v) is 1.72. The molecule has 0 unspecified atom stereocenters. The van der Waals surface area contributed by atoms with E-state index in [4.69, 9.17) is 0 Å². The number of carbonyl (C=O) groups is 1. The first-order valence-corrected chi connectivity index (χ1v) is 4.52. The van der Waals surface area contributed by atoms with E-state index in [1.54, 1.807) is 6.92 Å². The first-order valence-electron chi connectivity index (χ1n) is 3.64. The molecule has 72 valence electrons. The van der Waals surface area contributed by atoms with Crippen LogP contribution in [0.5, 0.6) is 0 Å². The van der Waals surface area contributed by atoms with Gasteiger partial charge >= 0.3 is 6.18 Å². The highest BCUT2D eigenvalue weighted by atomic mass is 32.1. The molecule has 0 saturated heterocycles. The van der Waals surface area contributed by atoms with Gasteiger partial charge in [0.25, 0.3) is 0 Å². The molecule has 0 saturated carbocycles. The van der Waals surface area contributed by atoms with Crippen LogP contribution in [0, 0.1) is 0 Å². The fourth-order valence-electron chi connectivity index (χ4n) is 0.939. The lowest BCUT2D eigenvalue weighted by atomic mass is 10.1. The Morgan fingerprint density at radius 2 is 2.15 bits per heavy atom. The van der Waals surface area contributed by atoms with Gasteiger partial charge in [-0.1, -0.05) is 6.92 Å². The molecule has 1 rings (SSSR count). The molecule has 0 aromatic carbocycles. The van der Waals surface area contributed by atoms with E-state index in [2.05, 4.69) is 0 Å². The average molecular weight is 208 g/mol. The van der Waals surface area contributed by atoms with E-state index in [0.29, 0.717) is 11.3 Å². The molecule has 0 N–H and O–H groups in total. The zero-order valence-corrected chi connectivity index (χ0v) is 7.63. The van der Waals surface area contributed by atoms with Crippen molar-refractivity contribution in [3.8, 4) is 0 Å². The minimum absolute atomic E-state index is 0.0970. The molecule has 0 amide bonds. The van der Waals surface area contributed by atoms with Crippen molar-refractivity contribution in [2.45, 2.75) is 19.5 Å². The van der Waals surface area contributed by atoms with Crippen LogP contribution >= 0.6 is 11.3 Å². The minimum atomic E-state index is -4.41. The van der Waals surface area contributed by atoms with Crippen molar-refractivity contribution in [3.63, 3.8) is 0 Å². The molecule has 5 heteroatoms. The van der Waals surface area contributed by atoms with Crippen molar-refractivity contribution >= 4 is 17.1 Å². The van der Waals surface area contributed by atoms with Crippen molar-refractivity contribution < 1.29 is 18.0 Å². The Morgan fingerprint density at radius 1 is 1.54 bits per heavy atom. The second-order valence-electron chi connectivity index (χ2n) is 2.44. The lowest BCUT2D eigenvalue weighted by Crippen LogP contribution is -2.08. The highest BCUT2D eigenvalue weighted by molar-refractivity contribution is 7.10. The Morgan fingerprint density at radius 3 is 2.62 bits per heavy atom. The summed E-state index contributed by atoms with van der Waals surface area (Å²) < 4.78 is 36.7. The summed E-state index contributed by atoms with van der Waals surface area (Å²) in [7, 11) is 0. The van der Waals surface area contributed by atoms with E-state index < -0.39 is 16.8 Å². The number of Topliss-reactive ketones (excluding diaryl/α,β-unsaturated/α-hetero) is 1. The molecule has 0 bridgehead atoms. The van der Waals surface area contributed by atoms with Crippen LogP contribution in [-0.2, 0) is 6.18 Å². The smallest absolute Gasteiger partial charge is 0.294 e. The Bertz CT molecular complexity index is 313. The topological polar surface area (TPSA) is 17.1 Å². The van der Waals surface area contributed by atoms with Gasteiger partial charge in [0, 0.05) is 12.0 Å². The SMILES string of the molecule is CCC(=O)c1ccsc1C(F)(F)F. The first-order chi connectivity index (χ1) is 5.96. The molecular formula is C8H7F3OS. The van der Waals surface area contributed by atoms with Crippen LogP contribution in [0.3, 0.4) is 0 Å². The number of rotatable bonds is 2. The number of carbonyl (C=O) groups excluding carboxylic acids is 1. The molecule has 0 aliphatic rings. The lowest BCUT2D eigenvalue weighted by molar-refractivity contribution is -0.134. The van der Waals surface area contributed by atoms with Gasteiger partial charge in [0.1, 0.15) is 4.88 Å². The number of alkyl halides is 3. The van der Waals surface area contributed by atoms with E-state index in [9.17, 15) is 18.0 Å². The van der Waals surface area contributed by atoms with Crippen LogP contribution < -0.4 is 0 Å². The summed E-state index contributed by atoms with van der Waals surface area (Å²) in [6, 6.07) is 1.22. The molecule has 0 aliphatic carbocycles. The van der Waals surface area contributed by atoms with Gasteiger partial charge in [-0.2, -0.15) is 13.2 Å². The number of ketones is 1. The van der Waals surface area contributed by atoms with Crippen molar-refractivity contribution in [2.75, 3.05) is 0 Å². The number of halogens is 3. The third-order valence-electron chi connectivity index (χ3n) is 1.54. The third kappa shape index (κ3) is 2.09. The van der Waals surface area contributed by atoms with E-state index in [0.717, 1.165) is 0 Å². The Labute approximate surface area is 77.2 Å². The summed E-state index contributed by atoms with van der Waals surface area (Å²) in [5.74, 6) is -0.464. The molecule has 1 nitrogen and oxygen atoms in total. The molecule has 0 radical (unpaired) electrons. The summed E-state index contributed by atoms with van der Waals surface area (Å²) >= 11 is 0.554. The molecule has 0 fully saturated rings. The molecule has 0 atom stereocenters. The van der Waals surface area contributed by atoms with Gasteiger partial charge in [0.05, 0.1) is 0 Å². The van der Waals surface area contributed by atoms with Gasteiger partial charge in [-0.25, -0.2) is 0 Å². The average Bonchev–Trinajstić information content (AvgIpc) is 2.49. The van der Waals surface area contributed by atoms with Crippen molar-refractivity contribution in [2.24, 2.45) is 0 Å². The number of hydrogen-bond acceptors (Lipinski definition) is 2. The first kappa shape index (κ1) is 10.2. The van der Waals surface area contributed by atoms with Crippen LogP contribution in [0.4, 0.5) is 13.2 Å². The zero-order valence-electron chi connectivity index (χ0n) is 6.81. The molecule has 0 aliphatic heterocycles. The van der Waals surface area contributed by atoms with Gasteiger partial charge < -0.3 is 0 Å². The summed E-state index contributed by atoms with van der Waals surface area (Å²) in [6.07, 6.45) is -4.31. The quantitative estimate of drug-likeness (QED) is 0.681. The van der Waals surface area contributed by atoms with E-state index in [1.165, 1.54) is 11.4 Å². The van der Waals surface area contributed by atoms with Crippen LogP contribution in [0.15, 0.2) is 11.4 Å². The van der Waals surface area contributed by atoms with E-state index in [-0.39, 0.29) is 12.0 Å². The van der Waals surface area contributed by atoms with Gasteiger partial charge in [-0.3, -0.25) is 4.79 Å². The molecule has 1 aromatic heterocycles. The van der Waals surface area contributed by atoms with Crippen molar-refractivity contribution in [3.05, 3.63) is 21.9 Å². The summed E-state index contributed by atoms with van der Waals surface area (Å²) in [6.45, 7) is 1.54. The maximum absolute atomic E-state index is 12.2. The van der Waals surface area contributed by atoms with Crippen molar-refractivity contribution in [1.82, 2.24) is 0 Å². The predicted molar refractivity (Wildman–Crippen MR) is 43.9 cm³/mol. The Kier molecular flexibility index (Phi) is 2.75. The summed E-state index contributed by atoms with van der Waals surface area (Å²) in [5, 5.41) is 1.28. The van der Waals surface area contributed by atoms with Gasteiger partial charge in [0.2, 0.25) is 0 Å². The van der Waals surface area contributed by atoms with Crippen LogP contribution in [-0.4, -0.2) is 5.78 Å². The highest BCUT2D eigenvalue weighted by Gasteiger charge is 2.36. The Hall–Kier alpha value is -0.840. The second-order valence-corrected chi connectivity index (χ2v) is 3.35.